The highest BCUT2D eigenvalue weighted by atomic mass is 35.5. The highest BCUT2D eigenvalue weighted by molar-refractivity contribution is 6.18. The van der Waals surface area contributed by atoms with E-state index in [0.717, 1.165) is 17.4 Å². The number of carbonyl (C=O) groups excluding carboxylic acids is 1. The van der Waals surface area contributed by atoms with Crippen molar-refractivity contribution in [3.63, 3.8) is 0 Å². The van der Waals surface area contributed by atoms with Gasteiger partial charge in [0.1, 0.15) is 5.58 Å². The van der Waals surface area contributed by atoms with E-state index in [1.54, 1.807) is 6.07 Å². The van der Waals surface area contributed by atoms with Crippen LogP contribution in [0.1, 0.15) is 23.9 Å². The number of hydrogen-bond acceptors (Lipinski definition) is 2. The molecule has 0 aliphatic carbocycles. The van der Waals surface area contributed by atoms with Gasteiger partial charge >= 0.3 is 0 Å². The van der Waals surface area contributed by atoms with Crippen molar-refractivity contribution >= 4 is 28.5 Å². The maximum Gasteiger partial charge on any atom is 0.287 e. The zero-order valence-electron chi connectivity index (χ0n) is 9.57. The van der Waals surface area contributed by atoms with E-state index in [1.807, 2.05) is 31.2 Å². The lowest BCUT2D eigenvalue weighted by Gasteiger charge is -2.11. The molecule has 2 rings (SSSR count). The van der Waals surface area contributed by atoms with Gasteiger partial charge in [0.25, 0.3) is 5.91 Å². The van der Waals surface area contributed by atoms with Crippen molar-refractivity contribution in [3.05, 3.63) is 36.1 Å². The minimum Gasteiger partial charge on any atom is -0.451 e. The number of halogens is 1. The highest BCUT2D eigenvalue weighted by Crippen LogP contribution is 2.18. The SMILES string of the molecule is CCC(CCl)NC(=O)c1cc2ccccc2o1. The Morgan fingerprint density at radius 3 is 2.88 bits per heavy atom. The second-order valence-corrected chi connectivity index (χ2v) is 4.19. The van der Waals surface area contributed by atoms with Gasteiger partial charge < -0.3 is 9.73 Å². The van der Waals surface area contributed by atoms with Crippen molar-refractivity contribution in [1.29, 1.82) is 0 Å². The van der Waals surface area contributed by atoms with Crippen LogP contribution in [0.2, 0.25) is 0 Å². The number of carbonyl (C=O) groups is 1. The van der Waals surface area contributed by atoms with Crippen LogP contribution < -0.4 is 5.32 Å². The van der Waals surface area contributed by atoms with Crippen LogP contribution in [0.25, 0.3) is 11.0 Å². The molecule has 1 aromatic carbocycles. The number of fused-ring (bicyclic) bond motifs is 1. The van der Waals surface area contributed by atoms with Gasteiger partial charge in [0.05, 0.1) is 0 Å². The average molecular weight is 252 g/mol. The van der Waals surface area contributed by atoms with Crippen LogP contribution in [0.3, 0.4) is 0 Å². The van der Waals surface area contributed by atoms with Crippen molar-refractivity contribution in [2.45, 2.75) is 19.4 Å². The first-order valence-electron chi connectivity index (χ1n) is 5.60. The van der Waals surface area contributed by atoms with Gasteiger partial charge in [-0.25, -0.2) is 0 Å². The Morgan fingerprint density at radius 2 is 2.24 bits per heavy atom. The van der Waals surface area contributed by atoms with Crippen molar-refractivity contribution < 1.29 is 9.21 Å². The van der Waals surface area contributed by atoms with Crippen LogP contribution in [0.15, 0.2) is 34.7 Å². The number of benzene rings is 1. The Balaban J connectivity index is 2.19. The molecular weight excluding hydrogens is 238 g/mol. The number of alkyl halides is 1. The second-order valence-electron chi connectivity index (χ2n) is 3.88. The summed E-state index contributed by atoms with van der Waals surface area (Å²) in [5, 5.41) is 3.76. The minimum absolute atomic E-state index is 0.0163. The molecule has 0 bridgehead atoms. The Morgan fingerprint density at radius 1 is 1.47 bits per heavy atom. The topological polar surface area (TPSA) is 42.2 Å². The summed E-state index contributed by atoms with van der Waals surface area (Å²) in [6, 6.07) is 9.26. The van der Waals surface area contributed by atoms with Gasteiger partial charge in [-0.15, -0.1) is 11.6 Å². The van der Waals surface area contributed by atoms with Gasteiger partial charge in [-0.3, -0.25) is 4.79 Å². The third-order valence-corrected chi connectivity index (χ3v) is 3.04. The van der Waals surface area contributed by atoms with Gasteiger partial charge in [0.15, 0.2) is 5.76 Å². The molecule has 0 radical (unpaired) electrons. The largest absolute Gasteiger partial charge is 0.451 e. The standard InChI is InChI=1S/C13H14ClNO2/c1-2-10(8-14)15-13(16)12-7-9-5-3-4-6-11(9)17-12/h3-7,10H,2,8H2,1H3,(H,15,16). The maximum absolute atomic E-state index is 11.9. The van der Waals surface area contributed by atoms with E-state index in [0.29, 0.717) is 11.6 Å². The third-order valence-electron chi connectivity index (χ3n) is 2.66. The second kappa shape index (κ2) is 5.23. The van der Waals surface area contributed by atoms with Gasteiger partial charge in [-0.1, -0.05) is 25.1 Å². The van der Waals surface area contributed by atoms with Crippen LogP contribution in [0, 0.1) is 0 Å². The molecule has 0 spiro atoms. The maximum atomic E-state index is 11.9. The lowest BCUT2D eigenvalue weighted by Crippen LogP contribution is -2.35. The summed E-state index contributed by atoms with van der Waals surface area (Å²) in [5.74, 6) is 0.520. The zero-order valence-corrected chi connectivity index (χ0v) is 10.3. The van der Waals surface area contributed by atoms with E-state index < -0.39 is 0 Å². The number of rotatable bonds is 4. The average Bonchev–Trinajstić information content (AvgIpc) is 2.79. The molecule has 1 N–H and O–H groups in total. The Kier molecular flexibility index (Phi) is 3.69. The van der Waals surface area contributed by atoms with Gasteiger partial charge in [-0.05, 0) is 18.6 Å². The fourth-order valence-corrected chi connectivity index (χ4v) is 1.90. The van der Waals surface area contributed by atoms with Crippen molar-refractivity contribution in [2.75, 3.05) is 5.88 Å². The summed E-state index contributed by atoms with van der Waals surface area (Å²) in [7, 11) is 0. The Hall–Kier alpha value is -1.48. The number of furan rings is 1. The predicted octanol–water partition coefficient (Wildman–Crippen LogP) is 3.18. The van der Waals surface area contributed by atoms with E-state index in [2.05, 4.69) is 5.32 Å². The van der Waals surface area contributed by atoms with Crippen LogP contribution in [0.4, 0.5) is 0 Å². The summed E-state index contributed by atoms with van der Waals surface area (Å²) in [4.78, 5) is 11.9. The molecule has 4 heteroatoms. The first-order valence-corrected chi connectivity index (χ1v) is 6.13. The molecule has 0 saturated carbocycles. The lowest BCUT2D eigenvalue weighted by molar-refractivity contribution is 0.0914. The molecule has 1 aromatic heterocycles. The van der Waals surface area contributed by atoms with Gasteiger partial charge in [-0.2, -0.15) is 0 Å². The summed E-state index contributed by atoms with van der Waals surface area (Å²) in [5.41, 5.74) is 0.719. The molecule has 0 aliphatic rings. The first kappa shape index (κ1) is 12.0. The summed E-state index contributed by atoms with van der Waals surface area (Å²) in [6.07, 6.45) is 0.801. The zero-order chi connectivity index (χ0) is 12.3. The number of para-hydroxylation sites is 1. The van der Waals surface area contributed by atoms with Gasteiger partial charge in [0.2, 0.25) is 0 Å². The third kappa shape index (κ3) is 2.61. The van der Waals surface area contributed by atoms with E-state index in [9.17, 15) is 4.79 Å². The fourth-order valence-electron chi connectivity index (χ4n) is 1.60. The highest BCUT2D eigenvalue weighted by Gasteiger charge is 2.15. The van der Waals surface area contributed by atoms with Crippen molar-refractivity contribution in [1.82, 2.24) is 5.32 Å². The minimum atomic E-state index is -0.214. The van der Waals surface area contributed by atoms with Crippen LogP contribution >= 0.6 is 11.6 Å². The molecule has 0 saturated heterocycles. The molecule has 2 aromatic rings. The van der Waals surface area contributed by atoms with Crippen LogP contribution in [-0.2, 0) is 0 Å². The first-order chi connectivity index (χ1) is 8.24. The monoisotopic (exact) mass is 251 g/mol. The van der Waals surface area contributed by atoms with Crippen LogP contribution in [-0.4, -0.2) is 17.8 Å². The molecule has 1 heterocycles. The molecule has 0 fully saturated rings. The molecule has 1 unspecified atom stereocenters. The predicted molar refractivity (Wildman–Crippen MR) is 68.5 cm³/mol. The summed E-state index contributed by atoms with van der Waals surface area (Å²) in [6.45, 7) is 1.98. The van der Waals surface area contributed by atoms with E-state index in [-0.39, 0.29) is 11.9 Å². The van der Waals surface area contributed by atoms with Crippen LogP contribution in [0.5, 0.6) is 0 Å². The lowest BCUT2D eigenvalue weighted by atomic mass is 10.2. The van der Waals surface area contributed by atoms with E-state index in [4.69, 9.17) is 16.0 Å². The Labute approximate surface area is 105 Å². The van der Waals surface area contributed by atoms with E-state index in [1.165, 1.54) is 0 Å². The fraction of sp³-hybridized carbons (Fsp3) is 0.308. The smallest absolute Gasteiger partial charge is 0.287 e. The van der Waals surface area contributed by atoms with E-state index >= 15 is 0 Å². The summed E-state index contributed by atoms with van der Waals surface area (Å²) < 4.78 is 5.46. The molecule has 1 amide bonds. The molecule has 90 valence electrons. The van der Waals surface area contributed by atoms with Gasteiger partial charge in [0, 0.05) is 17.3 Å². The Bertz CT molecular complexity index is 484. The molecule has 3 nitrogen and oxygen atoms in total. The normalized spacial score (nSPS) is 12.6. The number of amides is 1. The van der Waals surface area contributed by atoms with Crippen molar-refractivity contribution in [3.8, 4) is 0 Å². The molecule has 17 heavy (non-hydrogen) atoms. The quantitative estimate of drug-likeness (QED) is 0.848. The number of nitrogens with one attached hydrogen (secondary N) is 1. The molecule has 1 atom stereocenters. The van der Waals surface area contributed by atoms with Crippen molar-refractivity contribution in [2.24, 2.45) is 0 Å². The molecule has 0 aliphatic heterocycles. The number of hydrogen-bond donors (Lipinski definition) is 1. The molecular formula is C13H14ClNO2. The summed E-state index contributed by atoms with van der Waals surface area (Å²) >= 11 is 5.73.